The van der Waals surface area contributed by atoms with E-state index in [1.54, 1.807) is 0 Å². The highest BCUT2D eigenvalue weighted by Crippen LogP contribution is 2.18. The quantitative estimate of drug-likeness (QED) is 0.0539. The molecule has 2 unspecified atom stereocenters. The average Bonchev–Trinajstić information content (AvgIpc) is 3.19. The summed E-state index contributed by atoms with van der Waals surface area (Å²) in [6, 6.07) is -0.529. The van der Waals surface area contributed by atoms with E-state index in [1.807, 2.05) is 0 Å². The predicted octanol–water partition coefficient (Wildman–Crippen LogP) is 16.4. The molecule has 0 saturated heterocycles. The number of nitrogens with one attached hydrogen (secondary N) is 1. The van der Waals surface area contributed by atoms with Crippen molar-refractivity contribution in [3.05, 3.63) is 0 Å². The van der Waals surface area contributed by atoms with E-state index >= 15 is 0 Å². The molecule has 55 heavy (non-hydrogen) atoms. The lowest BCUT2D eigenvalue weighted by molar-refractivity contribution is -0.123. The van der Waals surface area contributed by atoms with E-state index in [9.17, 15) is 15.0 Å². The molecule has 0 heterocycles. The van der Waals surface area contributed by atoms with Gasteiger partial charge in [-0.15, -0.1) is 0 Å². The van der Waals surface area contributed by atoms with Gasteiger partial charge in [-0.05, 0) is 12.8 Å². The molecule has 0 aromatic rings. The lowest BCUT2D eigenvalue weighted by Gasteiger charge is -2.22. The Kier molecular flexibility index (Phi) is 47.2. The van der Waals surface area contributed by atoms with E-state index in [0.717, 1.165) is 25.7 Å². The molecular weight excluding hydrogens is 675 g/mol. The SMILES string of the molecule is CCCCCCCCCCCCCCCCCCCCCCCCCCCCCCCCC(=O)NC(CO)C(O)CCCCCCCCCCCCCCC. The summed E-state index contributed by atoms with van der Waals surface area (Å²) in [5.41, 5.74) is 0. The van der Waals surface area contributed by atoms with Crippen molar-refractivity contribution >= 4 is 5.91 Å². The molecule has 2 atom stereocenters. The highest BCUT2D eigenvalue weighted by molar-refractivity contribution is 5.76. The number of unbranched alkanes of at least 4 members (excludes halogenated alkanes) is 41. The van der Waals surface area contributed by atoms with Crippen LogP contribution in [0.2, 0.25) is 0 Å². The predicted molar refractivity (Wildman–Crippen MR) is 244 cm³/mol. The van der Waals surface area contributed by atoms with Gasteiger partial charge in [0.05, 0.1) is 18.8 Å². The number of aliphatic hydroxyl groups excluding tert-OH is 2. The summed E-state index contributed by atoms with van der Waals surface area (Å²) >= 11 is 0. The van der Waals surface area contributed by atoms with Gasteiger partial charge in [-0.1, -0.05) is 284 Å². The van der Waals surface area contributed by atoms with Gasteiger partial charge >= 0.3 is 0 Å². The molecule has 3 N–H and O–H groups in total. The first kappa shape index (κ1) is 54.4. The average molecular weight is 778 g/mol. The molecule has 0 aromatic carbocycles. The number of hydrogen-bond acceptors (Lipinski definition) is 3. The fraction of sp³-hybridized carbons (Fsp3) is 0.980. The largest absolute Gasteiger partial charge is 0.394 e. The maximum absolute atomic E-state index is 12.4. The minimum atomic E-state index is -0.653. The van der Waals surface area contributed by atoms with Crippen LogP contribution in [-0.2, 0) is 4.79 Å². The monoisotopic (exact) mass is 778 g/mol. The van der Waals surface area contributed by atoms with E-state index in [4.69, 9.17) is 0 Å². The van der Waals surface area contributed by atoms with Crippen LogP contribution in [0.5, 0.6) is 0 Å². The van der Waals surface area contributed by atoms with Gasteiger partial charge in [0.1, 0.15) is 0 Å². The lowest BCUT2D eigenvalue weighted by Crippen LogP contribution is -2.45. The number of amides is 1. The molecule has 0 spiro atoms. The topological polar surface area (TPSA) is 69.6 Å². The van der Waals surface area contributed by atoms with Crippen LogP contribution in [0, 0.1) is 0 Å². The molecule has 0 aliphatic heterocycles. The molecule has 4 nitrogen and oxygen atoms in total. The molecule has 1 amide bonds. The second-order valence-corrected chi connectivity index (χ2v) is 18.0. The van der Waals surface area contributed by atoms with Crippen LogP contribution < -0.4 is 5.32 Å². The van der Waals surface area contributed by atoms with Gasteiger partial charge in [0, 0.05) is 6.42 Å². The van der Waals surface area contributed by atoms with Crippen LogP contribution in [0.3, 0.4) is 0 Å². The van der Waals surface area contributed by atoms with Crippen molar-refractivity contribution in [3.63, 3.8) is 0 Å². The van der Waals surface area contributed by atoms with Gasteiger partial charge in [-0.3, -0.25) is 4.79 Å². The summed E-state index contributed by atoms with van der Waals surface area (Å²) < 4.78 is 0. The van der Waals surface area contributed by atoms with Crippen molar-refractivity contribution in [1.82, 2.24) is 5.32 Å². The first-order valence-electron chi connectivity index (χ1n) is 25.7. The molecule has 0 fully saturated rings. The maximum atomic E-state index is 12.4. The molecule has 0 aliphatic rings. The summed E-state index contributed by atoms with van der Waals surface area (Å²) in [5, 5.41) is 23.2. The van der Waals surface area contributed by atoms with Crippen LogP contribution in [0.25, 0.3) is 0 Å². The standard InChI is InChI=1S/C51H103NO3/c1-3-5-7-9-11-13-15-17-18-19-20-21-22-23-24-25-26-27-28-29-30-31-32-33-35-37-39-41-43-45-47-51(55)52-49(48-53)50(54)46-44-42-40-38-36-34-16-14-12-10-8-6-4-2/h49-50,53-54H,3-48H2,1-2H3,(H,52,55). The second-order valence-electron chi connectivity index (χ2n) is 18.0. The fourth-order valence-corrected chi connectivity index (χ4v) is 8.42. The Morgan fingerprint density at radius 1 is 0.364 bits per heavy atom. The van der Waals surface area contributed by atoms with E-state index in [1.165, 1.54) is 250 Å². The van der Waals surface area contributed by atoms with Crippen molar-refractivity contribution in [2.24, 2.45) is 0 Å². The van der Waals surface area contributed by atoms with E-state index < -0.39 is 12.1 Å². The first-order valence-corrected chi connectivity index (χ1v) is 25.7. The summed E-state index contributed by atoms with van der Waals surface area (Å²) in [6.45, 7) is 4.39. The van der Waals surface area contributed by atoms with Crippen molar-refractivity contribution in [2.45, 2.75) is 315 Å². The van der Waals surface area contributed by atoms with E-state index in [0.29, 0.717) is 12.8 Å². The Morgan fingerprint density at radius 2 is 0.582 bits per heavy atom. The third-order valence-electron chi connectivity index (χ3n) is 12.4. The van der Waals surface area contributed by atoms with Gasteiger partial charge in [-0.2, -0.15) is 0 Å². The van der Waals surface area contributed by atoms with Gasteiger partial charge in [0.25, 0.3) is 0 Å². The minimum Gasteiger partial charge on any atom is -0.394 e. The van der Waals surface area contributed by atoms with Gasteiger partial charge in [0.15, 0.2) is 0 Å². The molecule has 330 valence electrons. The fourth-order valence-electron chi connectivity index (χ4n) is 8.42. The van der Waals surface area contributed by atoms with Gasteiger partial charge < -0.3 is 15.5 Å². The molecule has 0 bridgehead atoms. The molecular formula is C51H103NO3. The molecule has 4 heteroatoms. The molecule has 0 radical (unpaired) electrons. The molecule has 0 aromatic heterocycles. The normalized spacial score (nSPS) is 12.7. The van der Waals surface area contributed by atoms with E-state index in [-0.39, 0.29) is 12.5 Å². The Labute approximate surface area is 346 Å². The van der Waals surface area contributed by atoms with E-state index in [2.05, 4.69) is 19.2 Å². The number of carbonyl (C=O) groups excluding carboxylic acids is 1. The summed E-state index contributed by atoms with van der Waals surface area (Å²) in [5.74, 6) is -0.0244. The Balaban J connectivity index is 3.36. The Hall–Kier alpha value is -0.610. The molecule has 0 aliphatic carbocycles. The zero-order chi connectivity index (χ0) is 40.0. The number of rotatable bonds is 48. The zero-order valence-electron chi connectivity index (χ0n) is 38.0. The third kappa shape index (κ3) is 44.3. The number of hydrogen-bond donors (Lipinski definition) is 3. The van der Waals surface area contributed by atoms with Crippen LogP contribution >= 0.6 is 0 Å². The number of carbonyl (C=O) groups is 1. The highest BCUT2D eigenvalue weighted by Gasteiger charge is 2.20. The van der Waals surface area contributed by atoms with Gasteiger partial charge in [-0.25, -0.2) is 0 Å². The van der Waals surface area contributed by atoms with Crippen LogP contribution in [0.15, 0.2) is 0 Å². The second kappa shape index (κ2) is 47.8. The lowest BCUT2D eigenvalue weighted by atomic mass is 10.0. The molecule has 0 saturated carbocycles. The summed E-state index contributed by atoms with van der Waals surface area (Å²) in [7, 11) is 0. The highest BCUT2D eigenvalue weighted by atomic mass is 16.3. The molecule has 0 rings (SSSR count). The van der Waals surface area contributed by atoms with Gasteiger partial charge in [0.2, 0.25) is 5.91 Å². The third-order valence-corrected chi connectivity index (χ3v) is 12.4. The summed E-state index contributed by atoms with van der Waals surface area (Å²) in [6.07, 6.45) is 59.4. The van der Waals surface area contributed by atoms with Crippen molar-refractivity contribution in [2.75, 3.05) is 6.61 Å². The smallest absolute Gasteiger partial charge is 0.220 e. The minimum absolute atomic E-state index is 0.0244. The van der Waals surface area contributed by atoms with Crippen molar-refractivity contribution in [1.29, 1.82) is 0 Å². The van der Waals surface area contributed by atoms with Crippen LogP contribution in [0.4, 0.5) is 0 Å². The van der Waals surface area contributed by atoms with Crippen LogP contribution in [-0.4, -0.2) is 34.9 Å². The van der Waals surface area contributed by atoms with Crippen molar-refractivity contribution < 1.29 is 15.0 Å². The van der Waals surface area contributed by atoms with Crippen molar-refractivity contribution in [3.8, 4) is 0 Å². The Bertz CT molecular complexity index is 714. The number of aliphatic hydroxyl groups is 2. The zero-order valence-corrected chi connectivity index (χ0v) is 38.0. The summed E-state index contributed by atoms with van der Waals surface area (Å²) in [4.78, 5) is 12.4. The Morgan fingerprint density at radius 3 is 0.818 bits per heavy atom. The van der Waals surface area contributed by atoms with Crippen LogP contribution in [0.1, 0.15) is 303 Å². The maximum Gasteiger partial charge on any atom is 0.220 e. The first-order chi connectivity index (χ1) is 27.2.